The number of aromatic amines is 1. The van der Waals surface area contributed by atoms with Crippen LogP contribution in [0.25, 0.3) is 0 Å². The molecule has 0 radical (unpaired) electrons. The number of hydrogen-bond donors (Lipinski definition) is 6. The van der Waals surface area contributed by atoms with Gasteiger partial charge in [0, 0.05) is 49.3 Å². The molecule has 0 spiro atoms. The Balaban J connectivity index is 2.18. The van der Waals surface area contributed by atoms with Crippen molar-refractivity contribution in [3.05, 3.63) is 32.6 Å². The van der Waals surface area contributed by atoms with Crippen molar-refractivity contribution in [2.75, 3.05) is 37.7 Å². The molecule has 1 aliphatic heterocycles. The SMILES string of the molecule is O=C(CN(CCS)Cc1cn([C@H]2C[C@H](O)[C@@H](CO)O2)c(=O)[nH]c1=O)NCCS. The minimum Gasteiger partial charge on any atom is -0.394 e. The number of aliphatic hydroxyl groups excluding tert-OH is 2. The Kier molecular flexibility index (Phi) is 9.05. The standard InChI is InChI=1S/C16H26N4O6S2/c21-9-12-11(22)5-14(26-12)20-7-10(15(24)18-16(20)25)6-19(2-4-28)8-13(23)17-1-3-27/h7,11-12,14,21-22,27-28H,1-6,8-9H2,(H,17,23)(H,18,24,25)/t11-,12+,14+/m0/s1. The van der Waals surface area contributed by atoms with Crippen molar-refractivity contribution in [1.29, 1.82) is 0 Å². The van der Waals surface area contributed by atoms with Gasteiger partial charge in [-0.15, -0.1) is 0 Å². The number of rotatable bonds is 10. The van der Waals surface area contributed by atoms with Gasteiger partial charge in [0.15, 0.2) is 0 Å². The van der Waals surface area contributed by atoms with Crippen LogP contribution < -0.4 is 16.6 Å². The van der Waals surface area contributed by atoms with Gasteiger partial charge in [0.25, 0.3) is 5.56 Å². The average molecular weight is 435 g/mol. The van der Waals surface area contributed by atoms with Crippen molar-refractivity contribution < 1.29 is 19.7 Å². The third-order valence-electron chi connectivity index (χ3n) is 4.35. The maximum Gasteiger partial charge on any atom is 0.330 e. The van der Waals surface area contributed by atoms with Gasteiger partial charge in [0.1, 0.15) is 12.3 Å². The van der Waals surface area contributed by atoms with Crippen molar-refractivity contribution in [2.24, 2.45) is 0 Å². The molecule has 1 aromatic heterocycles. The lowest BCUT2D eigenvalue weighted by Gasteiger charge is -2.21. The van der Waals surface area contributed by atoms with Crippen LogP contribution in [-0.2, 0) is 16.1 Å². The van der Waals surface area contributed by atoms with Gasteiger partial charge in [-0.1, -0.05) is 0 Å². The molecule has 1 amide bonds. The van der Waals surface area contributed by atoms with E-state index in [-0.39, 0.29) is 37.6 Å². The number of nitrogens with zero attached hydrogens (tertiary/aromatic N) is 2. The molecule has 0 saturated carbocycles. The van der Waals surface area contributed by atoms with Gasteiger partial charge >= 0.3 is 5.69 Å². The summed E-state index contributed by atoms with van der Waals surface area (Å²) in [5.74, 6) is 0.798. The van der Waals surface area contributed by atoms with Crippen molar-refractivity contribution in [2.45, 2.75) is 31.4 Å². The molecular formula is C16H26N4O6S2. The first-order chi connectivity index (χ1) is 13.4. The van der Waals surface area contributed by atoms with Crippen molar-refractivity contribution in [3.63, 3.8) is 0 Å². The minimum absolute atomic E-state index is 0.0676. The number of amides is 1. The predicted octanol–water partition coefficient (Wildman–Crippen LogP) is -2.04. The fraction of sp³-hybridized carbons (Fsp3) is 0.688. The van der Waals surface area contributed by atoms with Crippen LogP contribution in [0.5, 0.6) is 0 Å². The lowest BCUT2D eigenvalue weighted by atomic mass is 10.2. The summed E-state index contributed by atoms with van der Waals surface area (Å²) in [5, 5.41) is 21.8. The summed E-state index contributed by atoms with van der Waals surface area (Å²) in [6.07, 6.45) is -1.01. The normalized spacial score (nSPS) is 22.0. The van der Waals surface area contributed by atoms with Crippen LogP contribution in [0.1, 0.15) is 18.2 Å². The molecule has 28 heavy (non-hydrogen) atoms. The summed E-state index contributed by atoms with van der Waals surface area (Å²) in [6, 6.07) is 0. The van der Waals surface area contributed by atoms with Gasteiger partial charge in [-0.2, -0.15) is 25.3 Å². The van der Waals surface area contributed by atoms with Crippen LogP contribution in [-0.4, -0.2) is 80.5 Å². The van der Waals surface area contributed by atoms with Crippen molar-refractivity contribution in [1.82, 2.24) is 19.8 Å². The Labute approximate surface area is 172 Å². The van der Waals surface area contributed by atoms with Crippen LogP contribution in [0.3, 0.4) is 0 Å². The van der Waals surface area contributed by atoms with Crippen LogP contribution in [0.2, 0.25) is 0 Å². The largest absolute Gasteiger partial charge is 0.394 e. The van der Waals surface area contributed by atoms with E-state index >= 15 is 0 Å². The molecular weight excluding hydrogens is 408 g/mol. The first-order valence-electron chi connectivity index (χ1n) is 8.89. The molecule has 0 bridgehead atoms. The van der Waals surface area contributed by atoms with Crippen molar-refractivity contribution in [3.8, 4) is 0 Å². The van der Waals surface area contributed by atoms with E-state index < -0.39 is 29.7 Å². The first kappa shape index (κ1) is 23.0. The number of hydrogen-bond acceptors (Lipinski definition) is 9. The Bertz CT molecular complexity index is 770. The molecule has 3 atom stereocenters. The lowest BCUT2D eigenvalue weighted by molar-refractivity contribution is -0.122. The number of carbonyl (C=O) groups excluding carboxylic acids is 1. The summed E-state index contributed by atoms with van der Waals surface area (Å²) in [4.78, 5) is 40.4. The second-order valence-corrected chi connectivity index (χ2v) is 7.34. The average Bonchev–Trinajstić information content (AvgIpc) is 3.02. The zero-order valence-electron chi connectivity index (χ0n) is 15.3. The number of ether oxygens (including phenoxy) is 1. The highest BCUT2D eigenvalue weighted by molar-refractivity contribution is 7.80. The monoisotopic (exact) mass is 434 g/mol. The Morgan fingerprint density at radius 3 is 2.75 bits per heavy atom. The fourth-order valence-electron chi connectivity index (χ4n) is 2.95. The zero-order valence-corrected chi connectivity index (χ0v) is 17.1. The van der Waals surface area contributed by atoms with Crippen molar-refractivity contribution >= 4 is 31.2 Å². The number of carbonyl (C=O) groups is 1. The highest BCUT2D eigenvalue weighted by atomic mass is 32.1. The second-order valence-electron chi connectivity index (χ2n) is 6.44. The van der Waals surface area contributed by atoms with Crippen LogP contribution in [0, 0.1) is 0 Å². The Morgan fingerprint density at radius 2 is 2.14 bits per heavy atom. The van der Waals surface area contributed by atoms with E-state index in [4.69, 9.17) is 4.74 Å². The van der Waals surface area contributed by atoms with E-state index in [2.05, 4.69) is 35.6 Å². The number of H-pyrrole nitrogens is 1. The zero-order chi connectivity index (χ0) is 20.7. The molecule has 1 saturated heterocycles. The van der Waals surface area contributed by atoms with Gasteiger partial charge in [0.2, 0.25) is 5.91 Å². The number of aliphatic hydroxyl groups is 2. The van der Waals surface area contributed by atoms with E-state index in [9.17, 15) is 24.6 Å². The fourth-order valence-corrected chi connectivity index (χ4v) is 3.35. The van der Waals surface area contributed by atoms with E-state index in [1.54, 1.807) is 4.90 Å². The lowest BCUT2D eigenvalue weighted by Crippen LogP contribution is -2.41. The molecule has 2 rings (SSSR count). The third kappa shape index (κ3) is 6.09. The summed E-state index contributed by atoms with van der Waals surface area (Å²) in [6.45, 7) is 0.720. The van der Waals surface area contributed by atoms with E-state index in [0.29, 0.717) is 24.6 Å². The second kappa shape index (κ2) is 11.0. The van der Waals surface area contributed by atoms with Gasteiger partial charge in [-0.05, 0) is 0 Å². The van der Waals surface area contributed by atoms with Gasteiger partial charge in [-0.3, -0.25) is 24.0 Å². The van der Waals surface area contributed by atoms with Crippen LogP contribution in [0.4, 0.5) is 0 Å². The molecule has 0 aliphatic carbocycles. The molecule has 0 unspecified atom stereocenters. The summed E-state index contributed by atoms with van der Waals surface area (Å²) in [5.41, 5.74) is -0.954. The number of nitrogens with one attached hydrogen (secondary N) is 2. The topological polar surface area (TPSA) is 137 Å². The molecule has 0 aromatic carbocycles. The van der Waals surface area contributed by atoms with E-state index in [1.807, 2.05) is 0 Å². The van der Waals surface area contributed by atoms with Gasteiger partial charge in [0.05, 0.1) is 19.3 Å². The van der Waals surface area contributed by atoms with E-state index in [1.165, 1.54) is 10.8 Å². The molecule has 4 N–H and O–H groups in total. The molecule has 158 valence electrons. The molecule has 2 heterocycles. The molecule has 1 aliphatic rings. The summed E-state index contributed by atoms with van der Waals surface area (Å²) < 4.78 is 6.68. The Morgan fingerprint density at radius 1 is 1.39 bits per heavy atom. The predicted molar refractivity (Wildman–Crippen MR) is 109 cm³/mol. The highest BCUT2D eigenvalue weighted by Gasteiger charge is 2.35. The summed E-state index contributed by atoms with van der Waals surface area (Å²) in [7, 11) is 0. The Hall–Kier alpha value is -1.31. The van der Waals surface area contributed by atoms with Crippen LogP contribution >= 0.6 is 25.3 Å². The molecule has 12 heteroatoms. The summed E-state index contributed by atoms with van der Waals surface area (Å²) >= 11 is 8.23. The van der Waals surface area contributed by atoms with Gasteiger partial charge in [-0.25, -0.2) is 4.79 Å². The van der Waals surface area contributed by atoms with E-state index in [0.717, 1.165) is 0 Å². The quantitative estimate of drug-likeness (QED) is 0.233. The van der Waals surface area contributed by atoms with Gasteiger partial charge < -0.3 is 20.3 Å². The molecule has 10 nitrogen and oxygen atoms in total. The highest BCUT2D eigenvalue weighted by Crippen LogP contribution is 2.27. The maximum atomic E-state index is 12.2. The molecule has 1 aromatic rings. The number of aromatic nitrogens is 2. The first-order valence-corrected chi connectivity index (χ1v) is 10.2. The molecule has 1 fully saturated rings. The maximum absolute atomic E-state index is 12.2. The van der Waals surface area contributed by atoms with Crippen LogP contribution in [0.15, 0.2) is 15.8 Å². The smallest absolute Gasteiger partial charge is 0.330 e. The number of thiol groups is 2. The minimum atomic E-state index is -0.909. The third-order valence-corrected chi connectivity index (χ3v) is 4.77.